The van der Waals surface area contributed by atoms with Gasteiger partial charge < -0.3 is 5.32 Å². The van der Waals surface area contributed by atoms with E-state index in [0.717, 1.165) is 17.8 Å². The van der Waals surface area contributed by atoms with Gasteiger partial charge in [0.2, 0.25) is 0 Å². The molecule has 5 heteroatoms. The average molecular weight is 261 g/mol. The molecule has 1 unspecified atom stereocenters. The summed E-state index contributed by atoms with van der Waals surface area (Å²) < 4.78 is 0. The van der Waals surface area contributed by atoms with Crippen LogP contribution in [0.5, 0.6) is 0 Å². The van der Waals surface area contributed by atoms with Crippen LogP contribution in [0.3, 0.4) is 0 Å². The van der Waals surface area contributed by atoms with Crippen LogP contribution in [0.25, 0.3) is 0 Å². The van der Waals surface area contributed by atoms with Gasteiger partial charge in [-0.05, 0) is 26.7 Å². The Morgan fingerprint density at radius 3 is 2.81 bits per heavy atom. The van der Waals surface area contributed by atoms with Crippen LogP contribution in [0.1, 0.15) is 42.2 Å². The minimum atomic E-state index is -0.240. The minimum absolute atomic E-state index is 0.112. The number of alkyl halides is 1. The number of aromatic nitrogens is 1. The molecule has 0 saturated heterocycles. The number of carbonyl (C=O) groups excluding carboxylic acids is 1. The Hall–Kier alpha value is -0.610. The van der Waals surface area contributed by atoms with Crippen molar-refractivity contribution in [2.75, 3.05) is 5.88 Å². The molecule has 1 amide bonds. The monoisotopic (exact) mass is 260 g/mol. The Bertz CT molecular complexity index is 367. The molecule has 1 aromatic heterocycles. The molecule has 0 aliphatic rings. The second-order valence-corrected chi connectivity index (χ2v) is 5.50. The number of thiazole rings is 1. The fraction of sp³-hybridized carbons (Fsp3) is 0.636. The summed E-state index contributed by atoms with van der Waals surface area (Å²) in [7, 11) is 0. The molecule has 1 heterocycles. The first-order valence-corrected chi connectivity index (χ1v) is 6.73. The van der Waals surface area contributed by atoms with Crippen molar-refractivity contribution in [3.8, 4) is 0 Å². The number of hydrogen-bond acceptors (Lipinski definition) is 3. The average Bonchev–Trinajstić information content (AvgIpc) is 2.65. The van der Waals surface area contributed by atoms with Crippen LogP contribution in [-0.2, 0) is 0 Å². The van der Waals surface area contributed by atoms with Gasteiger partial charge in [0.1, 0.15) is 5.69 Å². The summed E-state index contributed by atoms with van der Waals surface area (Å²) in [6.45, 7) is 5.94. The number of rotatable bonds is 5. The van der Waals surface area contributed by atoms with Crippen LogP contribution in [0.2, 0.25) is 0 Å². The third kappa shape index (κ3) is 3.46. The normalized spacial score (nSPS) is 14.5. The lowest BCUT2D eigenvalue weighted by Gasteiger charge is -2.28. The zero-order valence-corrected chi connectivity index (χ0v) is 11.4. The van der Waals surface area contributed by atoms with E-state index in [9.17, 15) is 4.79 Å². The molecule has 0 aliphatic carbocycles. The van der Waals surface area contributed by atoms with Gasteiger partial charge in [0.25, 0.3) is 5.91 Å². The molecule has 1 rings (SSSR count). The number of nitrogens with zero attached hydrogens (tertiary/aromatic N) is 1. The quantitative estimate of drug-likeness (QED) is 0.827. The number of halogens is 1. The van der Waals surface area contributed by atoms with Gasteiger partial charge in [-0.1, -0.05) is 6.92 Å². The van der Waals surface area contributed by atoms with Crippen molar-refractivity contribution >= 4 is 28.8 Å². The second-order valence-electron chi connectivity index (χ2n) is 4.06. The highest BCUT2D eigenvalue weighted by Crippen LogP contribution is 2.17. The second kappa shape index (κ2) is 5.64. The molecular formula is C11H17ClN2OS. The molecule has 90 valence electrons. The highest BCUT2D eigenvalue weighted by molar-refractivity contribution is 7.09. The topological polar surface area (TPSA) is 42.0 Å². The molecular weight excluding hydrogens is 244 g/mol. The van der Waals surface area contributed by atoms with E-state index < -0.39 is 0 Å². The molecule has 1 atom stereocenters. The Morgan fingerprint density at radius 1 is 1.69 bits per heavy atom. The standard InChI is InChI=1S/C11H17ClN2OS/c1-4-11(3,5-6-12)14-10(15)9-7-16-8(2)13-9/h7H,4-6H2,1-3H3,(H,14,15). The van der Waals surface area contributed by atoms with E-state index in [2.05, 4.69) is 10.3 Å². The van der Waals surface area contributed by atoms with Gasteiger partial charge in [0.05, 0.1) is 5.01 Å². The molecule has 0 radical (unpaired) electrons. The lowest BCUT2D eigenvalue weighted by Crippen LogP contribution is -2.46. The van der Waals surface area contributed by atoms with E-state index >= 15 is 0 Å². The van der Waals surface area contributed by atoms with E-state index in [1.165, 1.54) is 11.3 Å². The van der Waals surface area contributed by atoms with Gasteiger partial charge in [-0.25, -0.2) is 4.98 Å². The SMILES string of the molecule is CCC(C)(CCCl)NC(=O)c1csc(C)n1. The summed E-state index contributed by atoms with van der Waals surface area (Å²) in [5, 5.41) is 5.68. The molecule has 0 aromatic carbocycles. The van der Waals surface area contributed by atoms with E-state index in [-0.39, 0.29) is 11.4 Å². The van der Waals surface area contributed by atoms with E-state index in [4.69, 9.17) is 11.6 Å². The lowest BCUT2D eigenvalue weighted by molar-refractivity contribution is 0.0897. The Labute approximate surface area is 105 Å². The first-order valence-electron chi connectivity index (χ1n) is 5.31. The maximum Gasteiger partial charge on any atom is 0.271 e. The molecule has 16 heavy (non-hydrogen) atoms. The highest BCUT2D eigenvalue weighted by Gasteiger charge is 2.24. The van der Waals surface area contributed by atoms with Gasteiger partial charge in [-0.3, -0.25) is 4.79 Å². The molecule has 3 nitrogen and oxygen atoms in total. The highest BCUT2D eigenvalue weighted by atomic mass is 35.5. The summed E-state index contributed by atoms with van der Waals surface area (Å²) in [5.74, 6) is 0.430. The van der Waals surface area contributed by atoms with Gasteiger partial charge in [0, 0.05) is 16.8 Å². The van der Waals surface area contributed by atoms with Crippen LogP contribution in [0.4, 0.5) is 0 Å². The van der Waals surface area contributed by atoms with E-state index in [1.54, 1.807) is 5.38 Å². The third-order valence-corrected chi connectivity index (χ3v) is 3.66. The Kier molecular flexibility index (Phi) is 4.74. The molecule has 0 fully saturated rings. The van der Waals surface area contributed by atoms with Gasteiger partial charge >= 0.3 is 0 Å². The van der Waals surface area contributed by atoms with Crippen LogP contribution >= 0.6 is 22.9 Å². The molecule has 1 aromatic rings. The fourth-order valence-electron chi connectivity index (χ4n) is 1.34. The van der Waals surface area contributed by atoms with Crippen LogP contribution in [0.15, 0.2) is 5.38 Å². The van der Waals surface area contributed by atoms with Crippen molar-refractivity contribution in [3.63, 3.8) is 0 Å². The largest absolute Gasteiger partial charge is 0.345 e. The molecule has 0 spiro atoms. The van der Waals surface area contributed by atoms with Crippen LogP contribution < -0.4 is 5.32 Å². The predicted molar refractivity (Wildman–Crippen MR) is 68.4 cm³/mol. The van der Waals surface area contributed by atoms with Crippen molar-refractivity contribution in [2.24, 2.45) is 0 Å². The number of aryl methyl sites for hydroxylation is 1. The fourth-order valence-corrected chi connectivity index (χ4v) is 2.35. The summed E-state index contributed by atoms with van der Waals surface area (Å²) in [6.07, 6.45) is 1.62. The first-order chi connectivity index (χ1) is 7.50. The number of carbonyl (C=O) groups is 1. The van der Waals surface area contributed by atoms with Gasteiger partial charge in [-0.15, -0.1) is 22.9 Å². The zero-order chi connectivity index (χ0) is 12.2. The summed E-state index contributed by atoms with van der Waals surface area (Å²) in [5.41, 5.74) is 0.257. The maximum atomic E-state index is 11.9. The Balaban J connectivity index is 2.69. The van der Waals surface area contributed by atoms with Crippen molar-refractivity contribution in [1.82, 2.24) is 10.3 Å². The van der Waals surface area contributed by atoms with Gasteiger partial charge in [-0.2, -0.15) is 0 Å². The predicted octanol–water partition coefficient (Wildman–Crippen LogP) is 2.98. The minimum Gasteiger partial charge on any atom is -0.345 e. The van der Waals surface area contributed by atoms with Crippen LogP contribution in [0, 0.1) is 6.92 Å². The van der Waals surface area contributed by atoms with Crippen molar-refractivity contribution in [1.29, 1.82) is 0 Å². The van der Waals surface area contributed by atoms with Gasteiger partial charge in [0.15, 0.2) is 0 Å². The molecule has 0 bridgehead atoms. The first kappa shape index (κ1) is 13.5. The van der Waals surface area contributed by atoms with E-state index in [1.807, 2.05) is 20.8 Å². The molecule has 0 saturated carbocycles. The third-order valence-electron chi connectivity index (χ3n) is 2.69. The Morgan fingerprint density at radius 2 is 2.38 bits per heavy atom. The number of nitrogens with one attached hydrogen (secondary N) is 1. The summed E-state index contributed by atoms with van der Waals surface area (Å²) >= 11 is 7.22. The summed E-state index contributed by atoms with van der Waals surface area (Å²) in [4.78, 5) is 16.1. The number of hydrogen-bond donors (Lipinski definition) is 1. The van der Waals surface area contributed by atoms with Crippen molar-refractivity contribution < 1.29 is 4.79 Å². The van der Waals surface area contributed by atoms with E-state index in [0.29, 0.717) is 11.6 Å². The molecule has 1 N–H and O–H groups in total. The van der Waals surface area contributed by atoms with Crippen molar-refractivity contribution in [3.05, 3.63) is 16.1 Å². The van der Waals surface area contributed by atoms with Crippen molar-refractivity contribution in [2.45, 2.75) is 39.2 Å². The summed E-state index contributed by atoms with van der Waals surface area (Å²) in [6, 6.07) is 0. The lowest BCUT2D eigenvalue weighted by atomic mass is 9.95. The number of amides is 1. The smallest absolute Gasteiger partial charge is 0.271 e. The zero-order valence-electron chi connectivity index (χ0n) is 9.84. The molecule has 0 aliphatic heterocycles. The van der Waals surface area contributed by atoms with Crippen LogP contribution in [-0.4, -0.2) is 22.3 Å². The maximum absolute atomic E-state index is 11.9.